The van der Waals surface area contributed by atoms with Crippen molar-refractivity contribution in [3.05, 3.63) is 24.3 Å². The second kappa shape index (κ2) is 7.95. The minimum absolute atomic E-state index is 0.125. The Hall–Kier alpha value is -1.66. The minimum atomic E-state index is -0.481. The Morgan fingerprint density at radius 2 is 1.81 bits per heavy atom. The Morgan fingerprint density at radius 1 is 1.19 bits per heavy atom. The van der Waals surface area contributed by atoms with E-state index in [0.29, 0.717) is 13.2 Å². The molecule has 0 aliphatic carbocycles. The lowest BCUT2D eigenvalue weighted by Gasteiger charge is -2.18. The van der Waals surface area contributed by atoms with Crippen molar-refractivity contribution < 1.29 is 14.3 Å². The number of nitrogens with one attached hydrogen (secondary N) is 2. The maximum absolute atomic E-state index is 11.8. The molecule has 0 fully saturated rings. The van der Waals surface area contributed by atoms with Crippen molar-refractivity contribution in [2.75, 3.05) is 25.6 Å². The van der Waals surface area contributed by atoms with E-state index >= 15 is 0 Å². The number of carbonyl (C=O) groups excluding carboxylic acids is 1. The number of thiocarbonyl (C=S) groups is 1. The van der Waals surface area contributed by atoms with E-state index < -0.39 is 5.41 Å². The Bertz CT molecular complexity index is 481. The van der Waals surface area contributed by atoms with Crippen molar-refractivity contribution in [3.63, 3.8) is 0 Å². The highest BCUT2D eigenvalue weighted by molar-refractivity contribution is 7.80. The van der Waals surface area contributed by atoms with Crippen LogP contribution in [0.4, 0.5) is 5.69 Å². The first kappa shape index (κ1) is 17.4. The standard InChI is InChI=1S/C15H22N2O3S/c1-15(2,3)13(18)17-14(21)16-11-5-7-12(8-6-11)20-10-9-19-4/h5-8H,9-10H2,1-4H3,(H2,16,17,18,21). The fourth-order valence-electron chi connectivity index (χ4n) is 1.33. The van der Waals surface area contributed by atoms with Crippen molar-refractivity contribution in [3.8, 4) is 5.75 Å². The molecule has 0 aliphatic heterocycles. The van der Waals surface area contributed by atoms with Gasteiger partial charge in [-0.05, 0) is 36.5 Å². The van der Waals surface area contributed by atoms with Crippen LogP contribution in [0, 0.1) is 5.41 Å². The van der Waals surface area contributed by atoms with E-state index in [9.17, 15) is 4.79 Å². The summed E-state index contributed by atoms with van der Waals surface area (Å²) in [4.78, 5) is 11.8. The average Bonchev–Trinajstić information content (AvgIpc) is 2.40. The molecule has 0 atom stereocenters. The number of anilines is 1. The predicted molar refractivity (Wildman–Crippen MR) is 87.6 cm³/mol. The number of ether oxygens (including phenoxy) is 2. The third-order valence-electron chi connectivity index (χ3n) is 2.58. The van der Waals surface area contributed by atoms with Gasteiger partial charge in [-0.15, -0.1) is 0 Å². The van der Waals surface area contributed by atoms with Gasteiger partial charge in [0.2, 0.25) is 5.91 Å². The molecule has 0 spiro atoms. The lowest BCUT2D eigenvalue weighted by molar-refractivity contribution is -0.126. The van der Waals surface area contributed by atoms with Crippen molar-refractivity contribution >= 4 is 28.9 Å². The Balaban J connectivity index is 2.48. The SMILES string of the molecule is COCCOc1ccc(NC(=S)NC(=O)C(C)(C)C)cc1. The van der Waals surface area contributed by atoms with E-state index in [2.05, 4.69) is 10.6 Å². The Kier molecular flexibility index (Phi) is 6.58. The van der Waals surface area contributed by atoms with Gasteiger partial charge in [0.1, 0.15) is 12.4 Å². The maximum atomic E-state index is 11.8. The summed E-state index contributed by atoms with van der Waals surface area (Å²) in [6, 6.07) is 7.31. The molecule has 0 radical (unpaired) electrons. The van der Waals surface area contributed by atoms with Crippen LogP contribution in [0.2, 0.25) is 0 Å². The molecule has 0 aliphatic rings. The van der Waals surface area contributed by atoms with Gasteiger partial charge >= 0.3 is 0 Å². The van der Waals surface area contributed by atoms with Crippen LogP contribution in [0.15, 0.2) is 24.3 Å². The molecule has 0 saturated heterocycles. The number of hydrogen-bond acceptors (Lipinski definition) is 4. The van der Waals surface area contributed by atoms with Gasteiger partial charge in [-0.25, -0.2) is 0 Å². The molecule has 21 heavy (non-hydrogen) atoms. The van der Waals surface area contributed by atoms with Crippen LogP contribution >= 0.6 is 12.2 Å². The monoisotopic (exact) mass is 310 g/mol. The van der Waals surface area contributed by atoms with Crippen molar-refractivity contribution in [2.24, 2.45) is 5.41 Å². The quantitative estimate of drug-likeness (QED) is 0.646. The number of hydrogen-bond donors (Lipinski definition) is 2. The Labute approximate surface area is 131 Å². The van der Waals surface area contributed by atoms with Crippen molar-refractivity contribution in [1.82, 2.24) is 5.32 Å². The van der Waals surface area contributed by atoms with Gasteiger partial charge in [-0.2, -0.15) is 0 Å². The summed E-state index contributed by atoms with van der Waals surface area (Å²) in [6.45, 7) is 6.54. The number of amides is 1. The predicted octanol–water partition coefficient (Wildman–Crippen LogP) is 2.57. The van der Waals surface area contributed by atoms with E-state index in [1.54, 1.807) is 7.11 Å². The molecule has 0 unspecified atom stereocenters. The summed E-state index contributed by atoms with van der Waals surface area (Å²) in [6.07, 6.45) is 0. The summed E-state index contributed by atoms with van der Waals surface area (Å²) in [5.41, 5.74) is 0.304. The van der Waals surface area contributed by atoms with E-state index in [-0.39, 0.29) is 11.0 Å². The highest BCUT2D eigenvalue weighted by atomic mass is 32.1. The molecule has 6 heteroatoms. The van der Waals surface area contributed by atoms with Crippen LogP contribution in [-0.2, 0) is 9.53 Å². The van der Waals surface area contributed by atoms with Gasteiger partial charge in [0.15, 0.2) is 5.11 Å². The van der Waals surface area contributed by atoms with Crippen LogP contribution in [0.1, 0.15) is 20.8 Å². The number of carbonyl (C=O) groups is 1. The smallest absolute Gasteiger partial charge is 0.231 e. The maximum Gasteiger partial charge on any atom is 0.231 e. The highest BCUT2D eigenvalue weighted by Crippen LogP contribution is 2.16. The van der Waals surface area contributed by atoms with Crippen LogP contribution in [0.5, 0.6) is 5.75 Å². The molecule has 116 valence electrons. The fourth-order valence-corrected chi connectivity index (χ4v) is 1.54. The topological polar surface area (TPSA) is 59.6 Å². The molecule has 1 amide bonds. The minimum Gasteiger partial charge on any atom is -0.491 e. The first-order valence-corrected chi connectivity index (χ1v) is 7.08. The normalized spacial score (nSPS) is 10.9. The summed E-state index contributed by atoms with van der Waals surface area (Å²) in [5.74, 6) is 0.627. The highest BCUT2D eigenvalue weighted by Gasteiger charge is 2.21. The van der Waals surface area contributed by atoms with E-state index in [4.69, 9.17) is 21.7 Å². The lowest BCUT2D eigenvalue weighted by Crippen LogP contribution is -2.41. The molecule has 0 heterocycles. The molecule has 1 aromatic carbocycles. The van der Waals surface area contributed by atoms with Crippen LogP contribution in [0.25, 0.3) is 0 Å². The van der Waals surface area contributed by atoms with Gasteiger partial charge in [-0.1, -0.05) is 20.8 Å². The molecular formula is C15H22N2O3S. The average molecular weight is 310 g/mol. The van der Waals surface area contributed by atoms with Gasteiger partial charge in [0.05, 0.1) is 6.61 Å². The van der Waals surface area contributed by atoms with Crippen molar-refractivity contribution in [1.29, 1.82) is 0 Å². The number of benzene rings is 1. The van der Waals surface area contributed by atoms with Gasteiger partial charge in [-0.3, -0.25) is 4.79 Å². The molecule has 0 saturated carbocycles. The summed E-state index contributed by atoms with van der Waals surface area (Å²) >= 11 is 5.11. The summed E-state index contributed by atoms with van der Waals surface area (Å²) in [7, 11) is 1.63. The van der Waals surface area contributed by atoms with Gasteiger partial charge in [0, 0.05) is 18.2 Å². The largest absolute Gasteiger partial charge is 0.491 e. The summed E-state index contributed by atoms with van der Waals surface area (Å²) in [5, 5.41) is 5.90. The molecule has 0 aromatic heterocycles. The third-order valence-corrected chi connectivity index (χ3v) is 2.78. The van der Waals surface area contributed by atoms with Crippen LogP contribution in [0.3, 0.4) is 0 Å². The van der Waals surface area contributed by atoms with Crippen LogP contribution in [-0.4, -0.2) is 31.3 Å². The number of rotatable bonds is 5. The second-order valence-electron chi connectivity index (χ2n) is 5.52. The van der Waals surface area contributed by atoms with Gasteiger partial charge in [0.25, 0.3) is 0 Å². The third kappa shape index (κ3) is 6.55. The molecule has 2 N–H and O–H groups in total. The molecule has 0 bridgehead atoms. The fraction of sp³-hybridized carbons (Fsp3) is 0.467. The first-order valence-electron chi connectivity index (χ1n) is 6.67. The van der Waals surface area contributed by atoms with E-state index in [1.165, 1.54) is 0 Å². The zero-order valence-electron chi connectivity index (χ0n) is 12.9. The second-order valence-corrected chi connectivity index (χ2v) is 5.93. The molecular weight excluding hydrogens is 288 g/mol. The Morgan fingerprint density at radius 3 is 2.33 bits per heavy atom. The van der Waals surface area contributed by atoms with E-state index in [0.717, 1.165) is 11.4 Å². The zero-order valence-corrected chi connectivity index (χ0v) is 13.7. The molecule has 1 rings (SSSR count). The lowest BCUT2D eigenvalue weighted by atomic mass is 9.96. The first-order chi connectivity index (χ1) is 9.82. The number of methoxy groups -OCH3 is 1. The summed E-state index contributed by atoms with van der Waals surface area (Å²) < 4.78 is 10.4. The van der Waals surface area contributed by atoms with E-state index in [1.807, 2.05) is 45.0 Å². The molecule has 1 aromatic rings. The van der Waals surface area contributed by atoms with Gasteiger partial charge < -0.3 is 20.1 Å². The van der Waals surface area contributed by atoms with Crippen molar-refractivity contribution in [2.45, 2.75) is 20.8 Å². The molecule has 5 nitrogen and oxygen atoms in total. The van der Waals surface area contributed by atoms with Crippen LogP contribution < -0.4 is 15.4 Å². The zero-order chi connectivity index (χ0) is 15.9.